The standard InChI is InChI=1S/C19H27N3O5/c1-4-20-18(25)16(23)14(11-13-8-6-5-7-9-13)21-17(24)15(10-12(2)3)22-19(26)27/h5-9,12,14-15,22H,4,10-11H2,1-3H3,(H,20,25)(H,21,24)(H,26,27)/t14-,15-/m0/s1. The van der Waals surface area contributed by atoms with Gasteiger partial charge in [-0.3, -0.25) is 14.4 Å². The van der Waals surface area contributed by atoms with Crippen LogP contribution in [0.4, 0.5) is 4.79 Å². The third-order valence-electron chi connectivity index (χ3n) is 3.80. The summed E-state index contributed by atoms with van der Waals surface area (Å²) in [6.07, 6.45) is -0.930. The molecule has 0 bridgehead atoms. The number of likely N-dealkylation sites (N-methyl/N-ethyl adjacent to an activating group) is 1. The zero-order chi connectivity index (χ0) is 20.4. The number of benzene rings is 1. The Bertz CT molecular complexity index is 661. The van der Waals surface area contributed by atoms with Crippen LogP contribution in [0.5, 0.6) is 0 Å². The molecular formula is C19H27N3O5. The average molecular weight is 377 g/mol. The molecule has 0 aliphatic rings. The fraction of sp³-hybridized carbons (Fsp3) is 0.474. The molecule has 0 radical (unpaired) electrons. The number of amides is 3. The van der Waals surface area contributed by atoms with Crippen molar-refractivity contribution < 1.29 is 24.3 Å². The molecule has 0 aliphatic carbocycles. The molecule has 0 spiro atoms. The van der Waals surface area contributed by atoms with E-state index < -0.39 is 35.8 Å². The molecular weight excluding hydrogens is 350 g/mol. The molecule has 8 heteroatoms. The first-order valence-corrected chi connectivity index (χ1v) is 8.90. The third kappa shape index (κ3) is 7.89. The predicted octanol–water partition coefficient (Wildman–Crippen LogP) is 1.10. The summed E-state index contributed by atoms with van der Waals surface area (Å²) in [5.74, 6) is -2.14. The topological polar surface area (TPSA) is 125 Å². The van der Waals surface area contributed by atoms with Gasteiger partial charge < -0.3 is 21.1 Å². The first-order valence-electron chi connectivity index (χ1n) is 8.90. The summed E-state index contributed by atoms with van der Waals surface area (Å²) in [6, 6.07) is 6.87. The highest BCUT2D eigenvalue weighted by Crippen LogP contribution is 2.08. The van der Waals surface area contributed by atoms with Crippen LogP contribution in [0.15, 0.2) is 30.3 Å². The Morgan fingerprint density at radius 2 is 1.63 bits per heavy atom. The van der Waals surface area contributed by atoms with Crippen molar-refractivity contribution in [1.82, 2.24) is 16.0 Å². The van der Waals surface area contributed by atoms with E-state index in [1.54, 1.807) is 31.2 Å². The lowest BCUT2D eigenvalue weighted by atomic mass is 9.99. The van der Waals surface area contributed by atoms with Crippen LogP contribution < -0.4 is 16.0 Å². The van der Waals surface area contributed by atoms with Crippen LogP contribution in [-0.2, 0) is 20.8 Å². The molecule has 0 unspecified atom stereocenters. The highest BCUT2D eigenvalue weighted by molar-refractivity contribution is 6.38. The van der Waals surface area contributed by atoms with Crippen LogP contribution in [0.3, 0.4) is 0 Å². The summed E-state index contributed by atoms with van der Waals surface area (Å²) >= 11 is 0. The van der Waals surface area contributed by atoms with Crippen LogP contribution in [0.2, 0.25) is 0 Å². The van der Waals surface area contributed by atoms with Crippen molar-refractivity contribution in [1.29, 1.82) is 0 Å². The van der Waals surface area contributed by atoms with Crippen molar-refractivity contribution >= 4 is 23.7 Å². The average Bonchev–Trinajstić information content (AvgIpc) is 2.60. The Labute approximate surface area is 158 Å². The van der Waals surface area contributed by atoms with E-state index >= 15 is 0 Å². The lowest BCUT2D eigenvalue weighted by Crippen LogP contribution is -2.54. The summed E-state index contributed by atoms with van der Waals surface area (Å²) in [4.78, 5) is 48.0. The van der Waals surface area contributed by atoms with Crippen LogP contribution >= 0.6 is 0 Å². The van der Waals surface area contributed by atoms with E-state index in [1.807, 2.05) is 19.9 Å². The number of ketones is 1. The molecule has 8 nitrogen and oxygen atoms in total. The van der Waals surface area contributed by atoms with Gasteiger partial charge in [0.2, 0.25) is 11.7 Å². The van der Waals surface area contributed by atoms with Gasteiger partial charge in [0.1, 0.15) is 12.1 Å². The number of carbonyl (C=O) groups is 4. The maximum Gasteiger partial charge on any atom is 0.405 e. The monoisotopic (exact) mass is 377 g/mol. The minimum absolute atomic E-state index is 0.0549. The molecule has 0 saturated carbocycles. The Hall–Kier alpha value is -2.90. The molecule has 0 heterocycles. The summed E-state index contributed by atoms with van der Waals surface area (Å²) in [5, 5.41) is 16.1. The summed E-state index contributed by atoms with van der Waals surface area (Å²) in [5.41, 5.74) is 0.770. The molecule has 27 heavy (non-hydrogen) atoms. The predicted molar refractivity (Wildman–Crippen MR) is 100 cm³/mol. The molecule has 3 amide bonds. The van der Waals surface area contributed by atoms with Gasteiger partial charge in [-0.25, -0.2) is 4.79 Å². The van der Waals surface area contributed by atoms with Crippen LogP contribution in [0, 0.1) is 5.92 Å². The first-order chi connectivity index (χ1) is 12.7. The van der Waals surface area contributed by atoms with Gasteiger partial charge in [0.25, 0.3) is 5.91 Å². The summed E-state index contributed by atoms with van der Waals surface area (Å²) in [6.45, 7) is 5.68. The maximum absolute atomic E-state index is 12.6. The second-order valence-electron chi connectivity index (χ2n) is 6.61. The van der Waals surface area contributed by atoms with E-state index in [-0.39, 0.29) is 25.3 Å². The molecule has 0 aromatic heterocycles. The van der Waals surface area contributed by atoms with E-state index in [9.17, 15) is 19.2 Å². The molecule has 0 aliphatic heterocycles. The molecule has 1 aromatic rings. The summed E-state index contributed by atoms with van der Waals surface area (Å²) < 4.78 is 0. The van der Waals surface area contributed by atoms with Gasteiger partial charge in [-0.05, 0) is 24.8 Å². The van der Waals surface area contributed by atoms with Gasteiger partial charge in [0.05, 0.1) is 0 Å². The Kier molecular flexibility index (Phi) is 8.98. The third-order valence-corrected chi connectivity index (χ3v) is 3.80. The van der Waals surface area contributed by atoms with Crippen molar-refractivity contribution in [2.45, 2.75) is 45.7 Å². The highest BCUT2D eigenvalue weighted by atomic mass is 16.4. The fourth-order valence-corrected chi connectivity index (χ4v) is 2.59. The van der Waals surface area contributed by atoms with Gasteiger partial charge in [-0.2, -0.15) is 0 Å². The minimum Gasteiger partial charge on any atom is -0.465 e. The first kappa shape index (κ1) is 22.1. The minimum atomic E-state index is -1.33. The van der Waals surface area contributed by atoms with Gasteiger partial charge in [0.15, 0.2) is 0 Å². The number of carboxylic acid groups (broad SMARTS) is 1. The maximum atomic E-state index is 12.6. The second-order valence-corrected chi connectivity index (χ2v) is 6.61. The van der Waals surface area contributed by atoms with Gasteiger partial charge in [0, 0.05) is 13.0 Å². The van der Waals surface area contributed by atoms with Crippen molar-refractivity contribution in [3.05, 3.63) is 35.9 Å². The smallest absolute Gasteiger partial charge is 0.405 e. The van der Waals surface area contributed by atoms with E-state index in [4.69, 9.17) is 5.11 Å². The highest BCUT2D eigenvalue weighted by Gasteiger charge is 2.30. The van der Waals surface area contributed by atoms with Crippen molar-refractivity contribution in [2.75, 3.05) is 6.54 Å². The number of rotatable bonds is 10. The zero-order valence-electron chi connectivity index (χ0n) is 15.8. The number of Topliss-reactive ketones (excluding diaryl/α,β-unsaturated/α-hetero) is 1. The van der Waals surface area contributed by atoms with Crippen molar-refractivity contribution in [3.63, 3.8) is 0 Å². The Morgan fingerprint density at radius 3 is 2.15 bits per heavy atom. The molecule has 2 atom stereocenters. The van der Waals surface area contributed by atoms with E-state index in [0.29, 0.717) is 0 Å². The Balaban J connectivity index is 2.99. The zero-order valence-corrected chi connectivity index (χ0v) is 15.8. The molecule has 0 saturated heterocycles. The van der Waals surface area contributed by atoms with Crippen molar-refractivity contribution in [3.8, 4) is 0 Å². The lowest BCUT2D eigenvalue weighted by Gasteiger charge is -2.23. The van der Waals surface area contributed by atoms with Crippen LogP contribution in [0.25, 0.3) is 0 Å². The number of hydrogen-bond donors (Lipinski definition) is 4. The van der Waals surface area contributed by atoms with E-state index in [0.717, 1.165) is 5.56 Å². The largest absolute Gasteiger partial charge is 0.465 e. The van der Waals surface area contributed by atoms with Gasteiger partial charge in [-0.1, -0.05) is 44.2 Å². The number of hydrogen-bond acceptors (Lipinski definition) is 4. The Morgan fingerprint density at radius 1 is 1.00 bits per heavy atom. The lowest BCUT2D eigenvalue weighted by molar-refractivity contribution is -0.140. The molecule has 148 valence electrons. The van der Waals surface area contributed by atoms with Gasteiger partial charge in [-0.15, -0.1) is 0 Å². The van der Waals surface area contributed by atoms with Crippen molar-refractivity contribution in [2.24, 2.45) is 5.92 Å². The molecule has 0 fully saturated rings. The number of nitrogens with one attached hydrogen (secondary N) is 3. The van der Waals surface area contributed by atoms with Crippen LogP contribution in [0.1, 0.15) is 32.8 Å². The molecule has 1 aromatic carbocycles. The quantitative estimate of drug-likeness (QED) is 0.455. The summed E-state index contributed by atoms with van der Waals surface area (Å²) in [7, 11) is 0. The van der Waals surface area contributed by atoms with Crippen LogP contribution in [-0.4, -0.2) is 47.4 Å². The van der Waals surface area contributed by atoms with E-state index in [1.165, 1.54) is 0 Å². The SMILES string of the molecule is CCNC(=O)C(=O)[C@H](Cc1ccccc1)NC(=O)[C@H](CC(C)C)NC(=O)O. The van der Waals surface area contributed by atoms with Gasteiger partial charge >= 0.3 is 6.09 Å². The van der Waals surface area contributed by atoms with E-state index in [2.05, 4.69) is 16.0 Å². The fourth-order valence-electron chi connectivity index (χ4n) is 2.59. The number of carbonyl (C=O) groups excluding carboxylic acids is 3. The molecule has 4 N–H and O–H groups in total. The molecule has 1 rings (SSSR count). The normalized spacial score (nSPS) is 12.7. The second kappa shape index (κ2) is 10.9.